The first-order chi connectivity index (χ1) is 10.8. The molecule has 0 aliphatic rings. The number of nitrogens with zero attached hydrogens (tertiary/aromatic N) is 2. The largest absolute Gasteiger partial charge is 0.449 e. The SMILES string of the molecule is O=C(Nc1ccc2ccccc2n1)OCCc1ccccn1. The summed E-state index contributed by atoms with van der Waals surface area (Å²) in [6, 6.07) is 17.0. The summed E-state index contributed by atoms with van der Waals surface area (Å²) in [5, 5.41) is 3.65. The monoisotopic (exact) mass is 293 g/mol. The van der Waals surface area contributed by atoms with Crippen LogP contribution in [0.3, 0.4) is 0 Å². The highest BCUT2D eigenvalue weighted by Crippen LogP contribution is 2.14. The van der Waals surface area contributed by atoms with Crippen molar-refractivity contribution in [3.8, 4) is 0 Å². The Balaban J connectivity index is 1.54. The van der Waals surface area contributed by atoms with Crippen LogP contribution >= 0.6 is 0 Å². The van der Waals surface area contributed by atoms with Gasteiger partial charge in [-0.2, -0.15) is 0 Å². The predicted molar refractivity (Wildman–Crippen MR) is 84.7 cm³/mol. The van der Waals surface area contributed by atoms with E-state index in [1.54, 1.807) is 12.3 Å². The van der Waals surface area contributed by atoms with Crippen LogP contribution in [-0.2, 0) is 11.2 Å². The number of nitrogens with one attached hydrogen (secondary N) is 1. The summed E-state index contributed by atoms with van der Waals surface area (Å²) >= 11 is 0. The zero-order chi connectivity index (χ0) is 15.2. The molecule has 0 atom stereocenters. The molecule has 3 aromatic rings. The Morgan fingerprint density at radius 1 is 1.05 bits per heavy atom. The summed E-state index contributed by atoms with van der Waals surface area (Å²) in [6.07, 6.45) is 1.78. The summed E-state index contributed by atoms with van der Waals surface area (Å²) in [6.45, 7) is 0.274. The first-order valence-electron chi connectivity index (χ1n) is 7.01. The van der Waals surface area contributed by atoms with Crippen LogP contribution < -0.4 is 5.32 Å². The van der Waals surface area contributed by atoms with Crippen molar-refractivity contribution in [1.82, 2.24) is 9.97 Å². The quantitative estimate of drug-likeness (QED) is 0.800. The molecule has 3 rings (SSSR count). The number of carbonyl (C=O) groups is 1. The molecule has 0 aliphatic carbocycles. The third kappa shape index (κ3) is 3.58. The molecular formula is C17H15N3O2. The number of hydrogen-bond acceptors (Lipinski definition) is 4. The standard InChI is InChI=1S/C17H15N3O2/c21-17(22-12-10-14-6-3-4-11-18-14)20-16-9-8-13-5-1-2-7-15(13)19-16/h1-9,11H,10,12H2,(H,19,20,21). The highest BCUT2D eigenvalue weighted by Gasteiger charge is 2.05. The van der Waals surface area contributed by atoms with E-state index in [4.69, 9.17) is 4.74 Å². The fraction of sp³-hybridized carbons (Fsp3) is 0.118. The Morgan fingerprint density at radius 2 is 1.91 bits per heavy atom. The van der Waals surface area contributed by atoms with Crippen molar-refractivity contribution in [2.45, 2.75) is 6.42 Å². The molecule has 0 spiro atoms. The summed E-state index contributed by atoms with van der Waals surface area (Å²) in [4.78, 5) is 20.3. The second kappa shape index (κ2) is 6.67. The van der Waals surface area contributed by atoms with Gasteiger partial charge in [0.05, 0.1) is 12.1 Å². The fourth-order valence-electron chi connectivity index (χ4n) is 2.07. The molecule has 1 aromatic carbocycles. The lowest BCUT2D eigenvalue weighted by atomic mass is 10.2. The van der Waals surface area contributed by atoms with E-state index in [9.17, 15) is 4.79 Å². The Morgan fingerprint density at radius 3 is 2.77 bits per heavy atom. The van der Waals surface area contributed by atoms with E-state index in [2.05, 4.69) is 15.3 Å². The summed E-state index contributed by atoms with van der Waals surface area (Å²) < 4.78 is 5.13. The molecule has 110 valence electrons. The van der Waals surface area contributed by atoms with Crippen LogP contribution in [0.15, 0.2) is 60.8 Å². The number of rotatable bonds is 4. The molecule has 2 aromatic heterocycles. The maximum atomic E-state index is 11.7. The van der Waals surface area contributed by atoms with Crippen molar-refractivity contribution in [3.05, 3.63) is 66.5 Å². The van der Waals surface area contributed by atoms with E-state index in [1.807, 2.05) is 48.5 Å². The lowest BCUT2D eigenvalue weighted by Crippen LogP contribution is -2.16. The lowest BCUT2D eigenvalue weighted by molar-refractivity contribution is 0.162. The van der Waals surface area contributed by atoms with Gasteiger partial charge in [0.15, 0.2) is 0 Å². The Bertz CT molecular complexity index is 775. The van der Waals surface area contributed by atoms with Gasteiger partial charge in [0, 0.05) is 23.7 Å². The number of hydrogen-bond donors (Lipinski definition) is 1. The van der Waals surface area contributed by atoms with Gasteiger partial charge in [-0.1, -0.05) is 24.3 Å². The lowest BCUT2D eigenvalue weighted by Gasteiger charge is -2.07. The number of pyridine rings is 2. The van der Waals surface area contributed by atoms with Crippen molar-refractivity contribution >= 4 is 22.8 Å². The number of aromatic nitrogens is 2. The van der Waals surface area contributed by atoms with Crippen molar-refractivity contribution in [2.75, 3.05) is 11.9 Å². The number of amides is 1. The van der Waals surface area contributed by atoms with Crippen LogP contribution in [0.1, 0.15) is 5.69 Å². The van der Waals surface area contributed by atoms with Crippen LogP contribution in [0.5, 0.6) is 0 Å². The van der Waals surface area contributed by atoms with E-state index in [0.29, 0.717) is 12.2 Å². The average molecular weight is 293 g/mol. The second-order valence-corrected chi connectivity index (χ2v) is 4.72. The molecule has 1 amide bonds. The van der Waals surface area contributed by atoms with E-state index in [-0.39, 0.29) is 6.61 Å². The zero-order valence-corrected chi connectivity index (χ0v) is 11.9. The van der Waals surface area contributed by atoms with Crippen molar-refractivity contribution in [2.24, 2.45) is 0 Å². The molecule has 0 fully saturated rings. The van der Waals surface area contributed by atoms with Gasteiger partial charge >= 0.3 is 6.09 Å². The van der Waals surface area contributed by atoms with Crippen LogP contribution in [0, 0.1) is 0 Å². The molecule has 22 heavy (non-hydrogen) atoms. The van der Waals surface area contributed by atoms with E-state index in [0.717, 1.165) is 16.6 Å². The van der Waals surface area contributed by atoms with Gasteiger partial charge in [0.1, 0.15) is 5.82 Å². The van der Waals surface area contributed by atoms with Gasteiger partial charge in [0.2, 0.25) is 0 Å². The van der Waals surface area contributed by atoms with Gasteiger partial charge in [-0.3, -0.25) is 10.3 Å². The highest BCUT2D eigenvalue weighted by molar-refractivity contribution is 5.86. The van der Waals surface area contributed by atoms with Gasteiger partial charge < -0.3 is 4.74 Å². The normalized spacial score (nSPS) is 10.4. The van der Waals surface area contributed by atoms with Gasteiger partial charge in [-0.05, 0) is 30.3 Å². The minimum Gasteiger partial charge on any atom is -0.449 e. The first-order valence-corrected chi connectivity index (χ1v) is 7.01. The van der Waals surface area contributed by atoms with Crippen LogP contribution in [0.4, 0.5) is 10.6 Å². The molecule has 5 heteroatoms. The van der Waals surface area contributed by atoms with Gasteiger partial charge in [-0.25, -0.2) is 9.78 Å². The number of fused-ring (bicyclic) bond motifs is 1. The number of carbonyl (C=O) groups excluding carboxylic acids is 1. The third-order valence-corrected chi connectivity index (χ3v) is 3.15. The number of ether oxygens (including phenoxy) is 1. The molecule has 2 heterocycles. The maximum Gasteiger partial charge on any atom is 0.412 e. The number of anilines is 1. The summed E-state index contributed by atoms with van der Waals surface area (Å²) in [5.41, 5.74) is 1.72. The third-order valence-electron chi connectivity index (χ3n) is 3.15. The molecule has 0 bridgehead atoms. The molecule has 0 saturated heterocycles. The topological polar surface area (TPSA) is 64.1 Å². The zero-order valence-electron chi connectivity index (χ0n) is 11.9. The van der Waals surface area contributed by atoms with E-state index >= 15 is 0 Å². The summed E-state index contributed by atoms with van der Waals surface area (Å²) in [7, 11) is 0. The first kappa shape index (κ1) is 14.0. The smallest absolute Gasteiger partial charge is 0.412 e. The Kier molecular flexibility index (Phi) is 4.25. The average Bonchev–Trinajstić information content (AvgIpc) is 2.56. The van der Waals surface area contributed by atoms with Gasteiger partial charge in [-0.15, -0.1) is 0 Å². The van der Waals surface area contributed by atoms with E-state index in [1.165, 1.54) is 0 Å². The molecule has 0 radical (unpaired) electrons. The predicted octanol–water partition coefficient (Wildman–Crippen LogP) is 3.42. The Hall–Kier alpha value is -2.95. The molecule has 0 saturated carbocycles. The summed E-state index contributed by atoms with van der Waals surface area (Å²) in [5.74, 6) is 0.474. The highest BCUT2D eigenvalue weighted by atomic mass is 16.5. The molecule has 5 nitrogen and oxygen atoms in total. The molecule has 1 N–H and O–H groups in total. The number of benzene rings is 1. The molecule has 0 unspecified atom stereocenters. The van der Waals surface area contributed by atoms with E-state index < -0.39 is 6.09 Å². The van der Waals surface area contributed by atoms with Crippen molar-refractivity contribution in [3.63, 3.8) is 0 Å². The molecule has 0 aliphatic heterocycles. The minimum atomic E-state index is -0.515. The van der Waals surface area contributed by atoms with Gasteiger partial charge in [0.25, 0.3) is 0 Å². The maximum absolute atomic E-state index is 11.7. The second-order valence-electron chi connectivity index (χ2n) is 4.72. The van der Waals surface area contributed by atoms with Crippen molar-refractivity contribution < 1.29 is 9.53 Å². The fourth-order valence-corrected chi connectivity index (χ4v) is 2.07. The van der Waals surface area contributed by atoms with Crippen LogP contribution in [0.25, 0.3) is 10.9 Å². The van der Waals surface area contributed by atoms with Crippen LogP contribution in [0.2, 0.25) is 0 Å². The van der Waals surface area contributed by atoms with Crippen LogP contribution in [-0.4, -0.2) is 22.7 Å². The number of para-hydroxylation sites is 1. The minimum absolute atomic E-state index is 0.274. The Labute approximate surface area is 128 Å². The van der Waals surface area contributed by atoms with Crippen molar-refractivity contribution in [1.29, 1.82) is 0 Å². The molecular weight excluding hydrogens is 278 g/mol.